The number of carbonyl (C=O) groups is 2. The minimum absolute atomic E-state index is 0.0406. The number of thiophene rings is 1. The first-order valence-electron chi connectivity index (χ1n) is 5.61. The normalized spacial score (nSPS) is 19.8. The first-order valence-corrected chi connectivity index (χ1v) is 7.28. The number of rotatable bonds is 3. The third-order valence-corrected chi connectivity index (χ3v) is 4.23. The SMILES string of the molecule is O=C(O)C1COCCN1C(=O)/C=C/c1csc(Br)c1. The van der Waals surface area contributed by atoms with E-state index in [1.807, 2.05) is 11.4 Å². The standard InChI is InChI=1S/C12H12BrNO4S/c13-10-5-8(7-19-10)1-2-11(15)14-3-4-18-6-9(14)12(16)17/h1-2,5,7,9H,3-4,6H2,(H,16,17)/b2-1+. The summed E-state index contributed by atoms with van der Waals surface area (Å²) in [5, 5.41) is 10.9. The van der Waals surface area contributed by atoms with Gasteiger partial charge in [-0.15, -0.1) is 11.3 Å². The van der Waals surface area contributed by atoms with Crippen molar-refractivity contribution in [1.82, 2.24) is 4.90 Å². The minimum atomic E-state index is -1.04. The van der Waals surface area contributed by atoms with Gasteiger partial charge in [-0.05, 0) is 39.0 Å². The molecule has 1 aromatic heterocycles. The van der Waals surface area contributed by atoms with Gasteiger partial charge in [0.2, 0.25) is 5.91 Å². The zero-order chi connectivity index (χ0) is 13.8. The average Bonchev–Trinajstić information content (AvgIpc) is 2.81. The van der Waals surface area contributed by atoms with E-state index in [0.29, 0.717) is 13.2 Å². The van der Waals surface area contributed by atoms with Crippen molar-refractivity contribution in [1.29, 1.82) is 0 Å². The lowest BCUT2D eigenvalue weighted by atomic mass is 10.2. The lowest BCUT2D eigenvalue weighted by Gasteiger charge is -2.31. The summed E-state index contributed by atoms with van der Waals surface area (Å²) in [4.78, 5) is 24.4. The van der Waals surface area contributed by atoms with E-state index in [4.69, 9.17) is 9.84 Å². The van der Waals surface area contributed by atoms with Crippen LogP contribution in [-0.4, -0.2) is 47.7 Å². The quantitative estimate of drug-likeness (QED) is 0.848. The zero-order valence-electron chi connectivity index (χ0n) is 9.91. The lowest BCUT2D eigenvalue weighted by Crippen LogP contribution is -2.52. The number of aliphatic carboxylic acids is 1. The highest BCUT2D eigenvalue weighted by Gasteiger charge is 2.31. The van der Waals surface area contributed by atoms with Gasteiger partial charge >= 0.3 is 5.97 Å². The minimum Gasteiger partial charge on any atom is -0.480 e. The van der Waals surface area contributed by atoms with Gasteiger partial charge in [0, 0.05) is 12.6 Å². The predicted octanol–water partition coefficient (Wildman–Crippen LogP) is 1.84. The van der Waals surface area contributed by atoms with Crippen LogP contribution in [0.2, 0.25) is 0 Å². The Labute approximate surface area is 122 Å². The monoisotopic (exact) mass is 345 g/mol. The first kappa shape index (κ1) is 14.2. The number of carbonyl (C=O) groups excluding carboxylic acids is 1. The number of ether oxygens (including phenoxy) is 1. The number of morpholine rings is 1. The molecule has 7 heteroatoms. The molecule has 102 valence electrons. The maximum absolute atomic E-state index is 12.0. The van der Waals surface area contributed by atoms with Crippen LogP contribution in [0.4, 0.5) is 0 Å². The van der Waals surface area contributed by atoms with Crippen molar-refractivity contribution >= 4 is 45.2 Å². The highest BCUT2D eigenvalue weighted by atomic mass is 79.9. The summed E-state index contributed by atoms with van der Waals surface area (Å²) < 4.78 is 6.07. The van der Waals surface area contributed by atoms with Crippen LogP contribution < -0.4 is 0 Å². The summed E-state index contributed by atoms with van der Waals surface area (Å²) >= 11 is 4.86. The van der Waals surface area contributed by atoms with Crippen LogP contribution in [-0.2, 0) is 14.3 Å². The molecular formula is C12H12BrNO4S. The molecule has 0 radical (unpaired) electrons. The van der Waals surface area contributed by atoms with Gasteiger partial charge in [0.05, 0.1) is 17.0 Å². The molecule has 1 amide bonds. The van der Waals surface area contributed by atoms with E-state index in [2.05, 4.69) is 15.9 Å². The highest BCUT2D eigenvalue weighted by molar-refractivity contribution is 9.11. The molecular weight excluding hydrogens is 334 g/mol. The molecule has 1 saturated heterocycles. The highest BCUT2D eigenvalue weighted by Crippen LogP contribution is 2.21. The van der Waals surface area contributed by atoms with Crippen LogP contribution in [0.3, 0.4) is 0 Å². The van der Waals surface area contributed by atoms with Gasteiger partial charge in [0.15, 0.2) is 6.04 Å². The van der Waals surface area contributed by atoms with Gasteiger partial charge < -0.3 is 14.7 Å². The molecule has 0 aromatic carbocycles. The van der Waals surface area contributed by atoms with Crippen molar-refractivity contribution in [2.24, 2.45) is 0 Å². The van der Waals surface area contributed by atoms with Gasteiger partial charge in [-0.2, -0.15) is 0 Å². The number of amides is 1. The fourth-order valence-corrected chi connectivity index (χ4v) is 2.89. The van der Waals surface area contributed by atoms with Crippen molar-refractivity contribution in [2.75, 3.05) is 19.8 Å². The van der Waals surface area contributed by atoms with E-state index >= 15 is 0 Å². The maximum Gasteiger partial charge on any atom is 0.328 e. The Bertz CT molecular complexity index is 514. The topological polar surface area (TPSA) is 66.8 Å². The summed E-state index contributed by atoms with van der Waals surface area (Å²) in [5.74, 6) is -1.35. The number of carboxylic acids is 1. The van der Waals surface area contributed by atoms with Crippen LogP contribution in [0.5, 0.6) is 0 Å². The van der Waals surface area contributed by atoms with Gasteiger partial charge in [0.25, 0.3) is 0 Å². The van der Waals surface area contributed by atoms with Crippen molar-refractivity contribution in [3.8, 4) is 0 Å². The summed E-state index contributed by atoms with van der Waals surface area (Å²) in [6.45, 7) is 0.708. The Morgan fingerprint density at radius 1 is 1.58 bits per heavy atom. The molecule has 2 rings (SSSR count). The number of hydrogen-bond acceptors (Lipinski definition) is 4. The number of hydrogen-bond donors (Lipinski definition) is 1. The summed E-state index contributed by atoms with van der Waals surface area (Å²) in [6, 6.07) is 0.989. The van der Waals surface area contributed by atoms with E-state index in [-0.39, 0.29) is 12.5 Å². The number of nitrogens with zero attached hydrogens (tertiary/aromatic N) is 1. The second-order valence-corrected chi connectivity index (χ2v) is 6.27. The summed E-state index contributed by atoms with van der Waals surface area (Å²) in [7, 11) is 0. The molecule has 1 unspecified atom stereocenters. The molecule has 0 spiro atoms. The van der Waals surface area contributed by atoms with Crippen LogP contribution in [0.25, 0.3) is 6.08 Å². The molecule has 1 aromatic rings. The molecule has 0 bridgehead atoms. The third-order valence-electron chi connectivity index (χ3n) is 2.70. The number of halogens is 1. The van der Waals surface area contributed by atoms with Crippen LogP contribution in [0, 0.1) is 0 Å². The van der Waals surface area contributed by atoms with Gasteiger partial charge in [-0.1, -0.05) is 0 Å². The Morgan fingerprint density at radius 3 is 3.00 bits per heavy atom. The molecule has 1 fully saturated rings. The van der Waals surface area contributed by atoms with Crippen molar-refractivity contribution in [3.63, 3.8) is 0 Å². The Hall–Kier alpha value is -1.18. The van der Waals surface area contributed by atoms with E-state index in [1.165, 1.54) is 22.3 Å². The fourth-order valence-electron chi connectivity index (χ4n) is 1.75. The van der Waals surface area contributed by atoms with Crippen molar-refractivity contribution in [3.05, 3.63) is 26.9 Å². The van der Waals surface area contributed by atoms with E-state index < -0.39 is 12.0 Å². The van der Waals surface area contributed by atoms with Crippen molar-refractivity contribution in [2.45, 2.75) is 6.04 Å². The lowest BCUT2D eigenvalue weighted by molar-refractivity contribution is -0.156. The first-order chi connectivity index (χ1) is 9.08. The molecule has 5 nitrogen and oxygen atoms in total. The van der Waals surface area contributed by atoms with E-state index in [0.717, 1.165) is 9.35 Å². The molecule has 19 heavy (non-hydrogen) atoms. The third kappa shape index (κ3) is 3.65. The molecule has 1 N–H and O–H groups in total. The van der Waals surface area contributed by atoms with Crippen LogP contribution in [0.15, 0.2) is 21.3 Å². The summed E-state index contributed by atoms with van der Waals surface area (Å²) in [6.07, 6.45) is 3.08. The number of carboxylic acid groups (broad SMARTS) is 1. The molecule has 1 aliphatic heterocycles. The summed E-state index contributed by atoms with van der Waals surface area (Å²) in [5.41, 5.74) is 0.908. The largest absolute Gasteiger partial charge is 0.480 e. The molecule has 2 heterocycles. The van der Waals surface area contributed by atoms with Crippen LogP contribution in [0.1, 0.15) is 5.56 Å². The van der Waals surface area contributed by atoms with Gasteiger partial charge in [0.1, 0.15) is 0 Å². The maximum atomic E-state index is 12.0. The van der Waals surface area contributed by atoms with E-state index in [1.54, 1.807) is 6.08 Å². The second kappa shape index (κ2) is 6.31. The molecule has 0 saturated carbocycles. The molecule has 0 aliphatic carbocycles. The molecule has 1 atom stereocenters. The fraction of sp³-hybridized carbons (Fsp3) is 0.333. The zero-order valence-corrected chi connectivity index (χ0v) is 12.3. The Balaban J connectivity index is 2.05. The Morgan fingerprint density at radius 2 is 2.37 bits per heavy atom. The average molecular weight is 346 g/mol. The predicted molar refractivity (Wildman–Crippen MR) is 75.0 cm³/mol. The van der Waals surface area contributed by atoms with Crippen LogP contribution >= 0.6 is 27.3 Å². The van der Waals surface area contributed by atoms with Gasteiger partial charge in [-0.3, -0.25) is 4.79 Å². The Kier molecular flexibility index (Phi) is 4.73. The van der Waals surface area contributed by atoms with Gasteiger partial charge in [-0.25, -0.2) is 4.79 Å². The molecule has 1 aliphatic rings. The second-order valence-electron chi connectivity index (χ2n) is 3.98. The smallest absolute Gasteiger partial charge is 0.328 e. The van der Waals surface area contributed by atoms with Crippen molar-refractivity contribution < 1.29 is 19.4 Å². The van der Waals surface area contributed by atoms with E-state index in [9.17, 15) is 9.59 Å².